The lowest BCUT2D eigenvalue weighted by atomic mass is 9.90. The molecule has 0 aromatic rings. The minimum atomic E-state index is -0.603. The smallest absolute Gasteiger partial charge is 0.209 e. The average Bonchev–Trinajstić information content (AvgIpc) is 3.11. The van der Waals surface area contributed by atoms with Crippen LogP contribution in [0.5, 0.6) is 0 Å². The first-order valence-corrected chi connectivity index (χ1v) is 10.5. The van der Waals surface area contributed by atoms with E-state index in [1.54, 1.807) is 0 Å². The fraction of sp³-hybridized carbons (Fsp3) is 1.00. The summed E-state index contributed by atoms with van der Waals surface area (Å²) >= 11 is 0. The van der Waals surface area contributed by atoms with Crippen molar-refractivity contribution in [3.63, 3.8) is 0 Å². The maximum Gasteiger partial charge on any atom is 0.209 e. The van der Waals surface area contributed by atoms with Crippen molar-refractivity contribution in [1.29, 1.82) is 0 Å². The Morgan fingerprint density at radius 1 is 0.767 bits per heavy atom. The zero-order valence-electron chi connectivity index (χ0n) is 19.5. The highest BCUT2D eigenvalue weighted by atomic mass is 16.7. The van der Waals surface area contributed by atoms with E-state index in [0.29, 0.717) is 13.2 Å². The van der Waals surface area contributed by atoms with E-state index in [-0.39, 0.29) is 58.8 Å². The topological polar surface area (TPSA) is 123 Å². The molecule has 2 fully saturated rings. The van der Waals surface area contributed by atoms with E-state index in [4.69, 9.17) is 18.9 Å². The predicted molar refractivity (Wildman–Crippen MR) is 110 cm³/mol. The molecule has 30 heavy (non-hydrogen) atoms. The standard InChI is InChI=1S/2C10H19NO4/c2*1-7(2)8(5-11(12)13)9-6-14-10(3,4)15-9/h2*7-9H,5-6H2,1-4H3/t8-,9+;8-,9-/m10/s1. The molecule has 0 unspecified atom stereocenters. The van der Waals surface area contributed by atoms with Crippen molar-refractivity contribution in [1.82, 2.24) is 0 Å². The van der Waals surface area contributed by atoms with E-state index in [1.807, 2.05) is 55.4 Å². The summed E-state index contributed by atoms with van der Waals surface area (Å²) in [7, 11) is 0. The van der Waals surface area contributed by atoms with Gasteiger partial charge in [-0.2, -0.15) is 0 Å². The van der Waals surface area contributed by atoms with Crippen LogP contribution < -0.4 is 0 Å². The highest BCUT2D eigenvalue weighted by Crippen LogP contribution is 2.31. The molecule has 0 radical (unpaired) electrons. The van der Waals surface area contributed by atoms with E-state index < -0.39 is 11.6 Å². The summed E-state index contributed by atoms with van der Waals surface area (Å²) in [6, 6.07) is 0. The van der Waals surface area contributed by atoms with Crippen LogP contribution in [0.15, 0.2) is 0 Å². The van der Waals surface area contributed by atoms with Crippen molar-refractivity contribution in [2.75, 3.05) is 26.3 Å². The molecule has 176 valence electrons. The number of nitrogens with zero attached hydrogens (tertiary/aromatic N) is 2. The zero-order valence-corrected chi connectivity index (χ0v) is 19.5. The fourth-order valence-electron chi connectivity index (χ4n) is 3.71. The second-order valence-corrected chi connectivity index (χ2v) is 9.58. The zero-order chi connectivity index (χ0) is 23.3. The lowest BCUT2D eigenvalue weighted by molar-refractivity contribution is -0.492. The molecule has 0 amide bonds. The summed E-state index contributed by atoms with van der Waals surface area (Å²) in [5, 5.41) is 21.1. The van der Waals surface area contributed by atoms with Gasteiger partial charge in [0.25, 0.3) is 0 Å². The SMILES string of the molecule is CC(C)[C@@H](C[N+](=O)[O-])[C@@H]1COC(C)(C)O1.CC(C)[C@H](C[N+](=O)[O-])[C@@H]1COC(C)(C)O1. The van der Waals surface area contributed by atoms with E-state index >= 15 is 0 Å². The number of nitro groups is 2. The maximum atomic E-state index is 10.5. The van der Waals surface area contributed by atoms with Gasteiger partial charge in [0.2, 0.25) is 13.1 Å². The maximum absolute atomic E-state index is 10.5. The van der Waals surface area contributed by atoms with Crippen LogP contribution >= 0.6 is 0 Å². The summed E-state index contributed by atoms with van der Waals surface area (Å²) in [4.78, 5) is 20.5. The second kappa shape index (κ2) is 10.8. The normalized spacial score (nSPS) is 26.9. The molecule has 2 aliphatic rings. The molecule has 0 bridgehead atoms. The number of hydrogen-bond donors (Lipinski definition) is 0. The Bertz CT molecular complexity index is 529. The first-order chi connectivity index (χ1) is 13.6. The fourth-order valence-corrected chi connectivity index (χ4v) is 3.71. The van der Waals surface area contributed by atoms with Gasteiger partial charge in [-0.05, 0) is 39.5 Å². The lowest BCUT2D eigenvalue weighted by Gasteiger charge is -2.24. The van der Waals surface area contributed by atoms with Crippen LogP contribution in [0.4, 0.5) is 0 Å². The van der Waals surface area contributed by atoms with Gasteiger partial charge >= 0.3 is 0 Å². The molecule has 0 spiro atoms. The Kier molecular flexibility index (Phi) is 9.59. The van der Waals surface area contributed by atoms with Crippen molar-refractivity contribution >= 4 is 0 Å². The molecule has 2 aliphatic heterocycles. The molecule has 0 N–H and O–H groups in total. The van der Waals surface area contributed by atoms with Crippen LogP contribution in [-0.4, -0.2) is 59.9 Å². The number of hydrogen-bond acceptors (Lipinski definition) is 8. The quantitative estimate of drug-likeness (QED) is 0.421. The van der Waals surface area contributed by atoms with Crippen LogP contribution in [0.25, 0.3) is 0 Å². The Balaban J connectivity index is 0.000000300. The van der Waals surface area contributed by atoms with Gasteiger partial charge in [0, 0.05) is 9.85 Å². The minimum absolute atomic E-state index is 0.0538. The highest BCUT2D eigenvalue weighted by Gasteiger charge is 2.41. The molecule has 0 aromatic carbocycles. The average molecular weight is 435 g/mol. The van der Waals surface area contributed by atoms with Gasteiger partial charge in [0.05, 0.1) is 37.3 Å². The number of ether oxygens (including phenoxy) is 4. The Labute approximate surface area is 178 Å². The van der Waals surface area contributed by atoms with Crippen LogP contribution in [0.3, 0.4) is 0 Å². The first kappa shape index (κ1) is 26.7. The Morgan fingerprint density at radius 2 is 1.07 bits per heavy atom. The van der Waals surface area contributed by atoms with Gasteiger partial charge in [0.1, 0.15) is 0 Å². The highest BCUT2D eigenvalue weighted by molar-refractivity contribution is 4.80. The van der Waals surface area contributed by atoms with Gasteiger partial charge in [0.15, 0.2) is 11.6 Å². The van der Waals surface area contributed by atoms with Crippen molar-refractivity contribution in [3.8, 4) is 0 Å². The monoisotopic (exact) mass is 434 g/mol. The van der Waals surface area contributed by atoms with Crippen molar-refractivity contribution in [2.24, 2.45) is 23.7 Å². The van der Waals surface area contributed by atoms with Crippen LogP contribution in [0.1, 0.15) is 55.4 Å². The summed E-state index contributed by atoms with van der Waals surface area (Å²) in [6.45, 7) is 16.0. The Hall–Kier alpha value is -1.36. The summed E-state index contributed by atoms with van der Waals surface area (Å²) < 4.78 is 22.1. The van der Waals surface area contributed by atoms with Gasteiger partial charge in [-0.1, -0.05) is 27.7 Å². The lowest BCUT2D eigenvalue weighted by Crippen LogP contribution is -2.34. The predicted octanol–water partition coefficient (Wildman–Crippen LogP) is 3.37. The molecule has 2 rings (SSSR count). The van der Waals surface area contributed by atoms with Crippen LogP contribution in [0.2, 0.25) is 0 Å². The van der Waals surface area contributed by atoms with Crippen molar-refractivity contribution in [2.45, 2.75) is 79.2 Å². The van der Waals surface area contributed by atoms with Crippen molar-refractivity contribution < 1.29 is 28.8 Å². The van der Waals surface area contributed by atoms with Crippen molar-refractivity contribution in [3.05, 3.63) is 20.2 Å². The second-order valence-electron chi connectivity index (χ2n) is 9.58. The molecule has 2 heterocycles. The first-order valence-electron chi connectivity index (χ1n) is 10.5. The molecule has 0 saturated carbocycles. The van der Waals surface area contributed by atoms with Crippen LogP contribution in [-0.2, 0) is 18.9 Å². The van der Waals surface area contributed by atoms with Gasteiger partial charge in [-0.25, -0.2) is 0 Å². The molecule has 0 aliphatic carbocycles. The van der Waals surface area contributed by atoms with E-state index in [2.05, 4.69) is 0 Å². The summed E-state index contributed by atoms with van der Waals surface area (Å²) in [6.07, 6.45) is -0.323. The molecular weight excluding hydrogens is 396 g/mol. The molecule has 2 saturated heterocycles. The molecular formula is C20H38N2O8. The Morgan fingerprint density at radius 3 is 1.23 bits per heavy atom. The molecule has 10 heteroatoms. The van der Waals surface area contributed by atoms with Crippen LogP contribution in [0, 0.1) is 43.9 Å². The molecule has 10 nitrogen and oxygen atoms in total. The summed E-state index contributed by atoms with van der Waals surface area (Å²) in [5.41, 5.74) is 0. The third-order valence-corrected chi connectivity index (χ3v) is 5.45. The molecule has 4 atom stereocenters. The van der Waals surface area contributed by atoms with E-state index in [1.165, 1.54) is 0 Å². The minimum Gasteiger partial charge on any atom is -0.348 e. The third kappa shape index (κ3) is 8.79. The van der Waals surface area contributed by atoms with Gasteiger partial charge < -0.3 is 18.9 Å². The third-order valence-electron chi connectivity index (χ3n) is 5.45. The number of rotatable bonds is 8. The summed E-state index contributed by atoms with van der Waals surface area (Å²) in [5.74, 6) is -0.928. The van der Waals surface area contributed by atoms with Gasteiger partial charge in [-0.15, -0.1) is 0 Å². The van der Waals surface area contributed by atoms with E-state index in [9.17, 15) is 20.2 Å². The van der Waals surface area contributed by atoms with Gasteiger partial charge in [-0.3, -0.25) is 20.2 Å². The van der Waals surface area contributed by atoms with E-state index in [0.717, 1.165) is 0 Å². The molecule has 0 aromatic heterocycles. The largest absolute Gasteiger partial charge is 0.348 e.